The van der Waals surface area contributed by atoms with Crippen LogP contribution in [0.3, 0.4) is 0 Å². The molecule has 1 amide bonds. The molecule has 146 valence electrons. The van der Waals surface area contributed by atoms with Crippen molar-refractivity contribution >= 4 is 34.9 Å². The number of halogens is 2. The van der Waals surface area contributed by atoms with Gasteiger partial charge in [0.05, 0.1) is 21.3 Å². The molecule has 0 bridgehead atoms. The molecule has 2 heterocycles. The third-order valence-electron chi connectivity index (χ3n) is 4.98. The second-order valence-electron chi connectivity index (χ2n) is 6.52. The lowest BCUT2D eigenvalue weighted by molar-refractivity contribution is 0.0747. The van der Waals surface area contributed by atoms with Gasteiger partial charge in [0.2, 0.25) is 0 Å². The van der Waals surface area contributed by atoms with Crippen molar-refractivity contribution in [2.24, 2.45) is 0 Å². The highest BCUT2D eigenvalue weighted by Crippen LogP contribution is 2.28. The van der Waals surface area contributed by atoms with Crippen LogP contribution in [-0.4, -0.2) is 47.2 Å². The molecule has 6 nitrogen and oxygen atoms in total. The molecule has 0 unspecified atom stereocenters. The van der Waals surface area contributed by atoms with Gasteiger partial charge in [-0.3, -0.25) is 4.79 Å². The number of aromatic nitrogens is 2. The zero-order chi connectivity index (χ0) is 20.3. The highest BCUT2D eigenvalue weighted by atomic mass is 35.5. The SMILES string of the molecule is CCc1nnc(N2CCN(C(=O)c3c(Cl)cccc3Cl)CC2)c(C#N)c1CC. The van der Waals surface area contributed by atoms with E-state index in [1.165, 1.54) is 0 Å². The minimum Gasteiger partial charge on any atom is -0.350 e. The molecule has 1 aromatic heterocycles. The molecule has 0 atom stereocenters. The van der Waals surface area contributed by atoms with Crippen LogP contribution < -0.4 is 4.90 Å². The standard InChI is InChI=1S/C20H21Cl2N5O/c1-3-13-14(12-23)19(25-24-17(13)4-2)26-8-10-27(11-9-26)20(28)18-15(21)6-5-7-16(18)22/h5-7H,3-4,8-11H2,1-2H3. The Morgan fingerprint density at radius 2 is 1.75 bits per heavy atom. The summed E-state index contributed by atoms with van der Waals surface area (Å²) in [5.41, 5.74) is 2.74. The topological polar surface area (TPSA) is 73.1 Å². The van der Waals surface area contributed by atoms with E-state index in [4.69, 9.17) is 23.2 Å². The number of aryl methyl sites for hydroxylation is 1. The molecular formula is C20H21Cl2N5O. The molecule has 28 heavy (non-hydrogen) atoms. The van der Waals surface area contributed by atoms with Gasteiger partial charge in [0.1, 0.15) is 11.6 Å². The number of anilines is 1. The summed E-state index contributed by atoms with van der Waals surface area (Å²) in [6, 6.07) is 7.34. The number of rotatable bonds is 4. The van der Waals surface area contributed by atoms with Crippen LogP contribution in [0.5, 0.6) is 0 Å². The number of nitriles is 1. The third-order valence-corrected chi connectivity index (χ3v) is 5.61. The third kappa shape index (κ3) is 3.78. The maximum absolute atomic E-state index is 12.8. The number of carbonyl (C=O) groups excluding carboxylic acids is 1. The van der Waals surface area contributed by atoms with Gasteiger partial charge in [-0.15, -0.1) is 5.10 Å². The quantitative estimate of drug-likeness (QED) is 0.757. The Balaban J connectivity index is 1.79. The number of amides is 1. The zero-order valence-electron chi connectivity index (χ0n) is 15.9. The summed E-state index contributed by atoms with van der Waals surface area (Å²) in [5.74, 6) is 0.414. The Hall–Kier alpha value is -2.36. The minimum atomic E-state index is -0.183. The Bertz CT molecular complexity index is 913. The van der Waals surface area contributed by atoms with Crippen molar-refractivity contribution in [1.29, 1.82) is 5.26 Å². The van der Waals surface area contributed by atoms with Crippen LogP contribution in [0.25, 0.3) is 0 Å². The van der Waals surface area contributed by atoms with Crippen molar-refractivity contribution in [1.82, 2.24) is 15.1 Å². The van der Waals surface area contributed by atoms with Crippen molar-refractivity contribution in [3.05, 3.63) is 50.6 Å². The number of hydrogen-bond donors (Lipinski definition) is 0. The summed E-state index contributed by atoms with van der Waals surface area (Å²) < 4.78 is 0. The molecule has 1 fully saturated rings. The van der Waals surface area contributed by atoms with Gasteiger partial charge in [-0.2, -0.15) is 10.4 Å². The average Bonchev–Trinajstić information content (AvgIpc) is 2.72. The van der Waals surface area contributed by atoms with E-state index in [1.807, 2.05) is 18.7 Å². The molecular weight excluding hydrogens is 397 g/mol. The normalized spacial score (nSPS) is 14.1. The molecule has 0 aliphatic carbocycles. The van der Waals surface area contributed by atoms with E-state index in [2.05, 4.69) is 16.3 Å². The summed E-state index contributed by atoms with van der Waals surface area (Å²) in [5, 5.41) is 19.0. The van der Waals surface area contributed by atoms with E-state index in [1.54, 1.807) is 23.1 Å². The largest absolute Gasteiger partial charge is 0.350 e. The van der Waals surface area contributed by atoms with E-state index in [9.17, 15) is 10.1 Å². The van der Waals surface area contributed by atoms with Crippen LogP contribution >= 0.6 is 23.2 Å². The first-order valence-corrected chi connectivity index (χ1v) is 10.0. The van der Waals surface area contributed by atoms with Crippen molar-refractivity contribution in [3.8, 4) is 6.07 Å². The Kier molecular flexibility index (Phi) is 6.38. The number of nitrogens with zero attached hydrogens (tertiary/aromatic N) is 5. The van der Waals surface area contributed by atoms with E-state index in [-0.39, 0.29) is 5.91 Å². The number of benzene rings is 1. The summed E-state index contributed by atoms with van der Waals surface area (Å²) in [6.45, 7) is 6.13. The predicted molar refractivity (Wildman–Crippen MR) is 110 cm³/mol. The van der Waals surface area contributed by atoms with Crippen molar-refractivity contribution in [2.75, 3.05) is 31.1 Å². The molecule has 8 heteroatoms. The van der Waals surface area contributed by atoms with Crippen LogP contribution in [0.4, 0.5) is 5.82 Å². The second kappa shape index (κ2) is 8.76. The average molecular weight is 418 g/mol. The number of carbonyl (C=O) groups is 1. The minimum absolute atomic E-state index is 0.183. The molecule has 0 saturated carbocycles. The maximum atomic E-state index is 12.8. The van der Waals surface area contributed by atoms with Gasteiger partial charge in [0.25, 0.3) is 5.91 Å². The molecule has 2 aromatic rings. The van der Waals surface area contributed by atoms with Crippen LogP contribution in [0.2, 0.25) is 10.0 Å². The lowest BCUT2D eigenvalue weighted by Crippen LogP contribution is -2.49. The fourth-order valence-corrected chi connectivity index (χ4v) is 4.04. The molecule has 3 rings (SSSR count). The maximum Gasteiger partial charge on any atom is 0.257 e. The first kappa shape index (κ1) is 20.4. The summed E-state index contributed by atoms with van der Waals surface area (Å²) in [6.07, 6.45) is 1.48. The van der Waals surface area contributed by atoms with Crippen molar-refractivity contribution < 1.29 is 4.79 Å². The Labute approximate surface area is 174 Å². The molecule has 0 N–H and O–H groups in total. The Morgan fingerprint density at radius 1 is 1.11 bits per heavy atom. The molecule has 1 aromatic carbocycles. The van der Waals surface area contributed by atoms with Crippen LogP contribution in [-0.2, 0) is 12.8 Å². The summed E-state index contributed by atoms with van der Waals surface area (Å²) >= 11 is 12.3. The van der Waals surface area contributed by atoms with E-state index in [0.29, 0.717) is 53.2 Å². The lowest BCUT2D eigenvalue weighted by Gasteiger charge is -2.36. The van der Waals surface area contributed by atoms with Gasteiger partial charge in [-0.25, -0.2) is 0 Å². The zero-order valence-corrected chi connectivity index (χ0v) is 17.4. The van der Waals surface area contributed by atoms with E-state index >= 15 is 0 Å². The van der Waals surface area contributed by atoms with Crippen LogP contribution in [0, 0.1) is 11.3 Å². The second-order valence-corrected chi connectivity index (χ2v) is 7.33. The molecule has 1 aliphatic heterocycles. The molecule has 1 saturated heterocycles. The first-order chi connectivity index (χ1) is 13.5. The summed E-state index contributed by atoms with van der Waals surface area (Å²) in [7, 11) is 0. The molecule has 1 aliphatic rings. The van der Waals surface area contributed by atoms with Gasteiger partial charge in [-0.05, 0) is 30.5 Å². The van der Waals surface area contributed by atoms with Gasteiger partial charge >= 0.3 is 0 Å². The van der Waals surface area contributed by atoms with Crippen LogP contribution in [0.15, 0.2) is 18.2 Å². The highest BCUT2D eigenvalue weighted by molar-refractivity contribution is 6.39. The highest BCUT2D eigenvalue weighted by Gasteiger charge is 2.28. The summed E-state index contributed by atoms with van der Waals surface area (Å²) in [4.78, 5) is 16.6. The molecule has 0 radical (unpaired) electrons. The van der Waals surface area contributed by atoms with Gasteiger partial charge < -0.3 is 9.80 Å². The predicted octanol–water partition coefficient (Wildman–Crippen LogP) is 3.74. The van der Waals surface area contributed by atoms with Crippen molar-refractivity contribution in [3.63, 3.8) is 0 Å². The fourth-order valence-electron chi connectivity index (χ4n) is 3.48. The van der Waals surface area contributed by atoms with Gasteiger partial charge in [0.15, 0.2) is 5.82 Å². The van der Waals surface area contributed by atoms with Gasteiger partial charge in [-0.1, -0.05) is 43.1 Å². The van der Waals surface area contributed by atoms with E-state index in [0.717, 1.165) is 24.1 Å². The van der Waals surface area contributed by atoms with Gasteiger partial charge in [0, 0.05) is 26.2 Å². The Morgan fingerprint density at radius 3 is 2.29 bits per heavy atom. The van der Waals surface area contributed by atoms with Crippen molar-refractivity contribution in [2.45, 2.75) is 26.7 Å². The smallest absolute Gasteiger partial charge is 0.257 e. The van der Waals surface area contributed by atoms with Crippen LogP contribution in [0.1, 0.15) is 41.0 Å². The monoisotopic (exact) mass is 417 g/mol. The van der Waals surface area contributed by atoms with E-state index < -0.39 is 0 Å². The fraction of sp³-hybridized carbons (Fsp3) is 0.400. The molecule has 0 spiro atoms. The lowest BCUT2D eigenvalue weighted by atomic mass is 10.0. The number of hydrogen-bond acceptors (Lipinski definition) is 5. The first-order valence-electron chi connectivity index (χ1n) is 9.28. The number of piperazine rings is 1.